The number of carbonyl (C=O) groups excluding carboxylic acids is 1. The Labute approximate surface area is 177 Å². The molecule has 1 amide bonds. The Morgan fingerprint density at radius 2 is 2.00 bits per heavy atom. The molecular weight excluding hydrogens is 402 g/mol. The molecule has 30 heavy (non-hydrogen) atoms. The van der Waals surface area contributed by atoms with Crippen molar-refractivity contribution in [3.8, 4) is 11.4 Å². The van der Waals surface area contributed by atoms with Crippen LogP contribution in [-0.4, -0.2) is 69.6 Å². The molecule has 0 saturated carbocycles. The van der Waals surface area contributed by atoms with Crippen LogP contribution in [0.5, 0.6) is 0 Å². The number of anilines is 2. The van der Waals surface area contributed by atoms with Gasteiger partial charge >= 0.3 is 0 Å². The molecule has 2 N–H and O–H groups in total. The smallest absolute Gasteiger partial charge is 0.225 e. The van der Waals surface area contributed by atoms with E-state index in [1.807, 2.05) is 16.3 Å². The lowest BCUT2D eigenvalue weighted by Gasteiger charge is -2.34. The first-order chi connectivity index (χ1) is 14.7. The number of nitrogens with zero attached hydrogens (tertiary/aromatic N) is 6. The second-order valence-corrected chi connectivity index (χ2v) is 8.48. The molecule has 0 aromatic carbocycles. The number of nitrogens with two attached hydrogens (primary N) is 1. The second-order valence-electron chi connectivity index (χ2n) is 7.57. The molecule has 0 bridgehead atoms. The number of thiophene rings is 1. The van der Waals surface area contributed by atoms with E-state index in [0.717, 1.165) is 48.5 Å². The van der Waals surface area contributed by atoms with E-state index in [-0.39, 0.29) is 18.0 Å². The molecule has 2 aliphatic heterocycles. The van der Waals surface area contributed by atoms with Crippen molar-refractivity contribution in [1.29, 1.82) is 0 Å². The van der Waals surface area contributed by atoms with Gasteiger partial charge in [0.25, 0.3) is 0 Å². The minimum atomic E-state index is -0.139. The van der Waals surface area contributed by atoms with Gasteiger partial charge in [0.15, 0.2) is 11.6 Å². The summed E-state index contributed by atoms with van der Waals surface area (Å²) in [4.78, 5) is 34.4. The Morgan fingerprint density at radius 1 is 1.20 bits per heavy atom. The van der Waals surface area contributed by atoms with Gasteiger partial charge in [-0.05, 0) is 24.3 Å². The highest BCUT2D eigenvalue weighted by molar-refractivity contribution is 7.17. The lowest BCUT2D eigenvalue weighted by Crippen LogP contribution is -2.45. The van der Waals surface area contributed by atoms with Crippen molar-refractivity contribution in [2.45, 2.75) is 25.4 Å². The van der Waals surface area contributed by atoms with E-state index in [4.69, 9.17) is 15.5 Å². The van der Waals surface area contributed by atoms with Crippen molar-refractivity contribution in [2.24, 2.45) is 0 Å². The Hall–Kier alpha value is -2.85. The lowest BCUT2D eigenvalue weighted by atomic mass is 10.2. The first kappa shape index (κ1) is 19.1. The monoisotopic (exact) mass is 425 g/mol. The van der Waals surface area contributed by atoms with Crippen molar-refractivity contribution < 1.29 is 9.53 Å². The highest BCUT2D eigenvalue weighted by atomic mass is 32.1. The van der Waals surface area contributed by atoms with Crippen LogP contribution in [0.1, 0.15) is 19.3 Å². The second kappa shape index (κ2) is 8.11. The van der Waals surface area contributed by atoms with Crippen molar-refractivity contribution in [1.82, 2.24) is 24.8 Å². The predicted molar refractivity (Wildman–Crippen MR) is 115 cm³/mol. The fourth-order valence-electron chi connectivity index (χ4n) is 3.97. The highest BCUT2D eigenvalue weighted by Crippen LogP contribution is 2.32. The first-order valence-corrected chi connectivity index (χ1v) is 11.0. The van der Waals surface area contributed by atoms with Crippen LogP contribution in [0.25, 0.3) is 21.6 Å². The summed E-state index contributed by atoms with van der Waals surface area (Å²) in [6.07, 6.45) is 5.73. The number of nitrogen functional groups attached to an aromatic ring is 1. The topological polar surface area (TPSA) is 110 Å². The maximum atomic E-state index is 12.6. The molecule has 2 aliphatic rings. The third kappa shape index (κ3) is 3.80. The Bertz CT molecular complexity index is 1050. The maximum absolute atomic E-state index is 12.6. The maximum Gasteiger partial charge on any atom is 0.225 e. The quantitative estimate of drug-likeness (QED) is 0.675. The minimum Gasteiger partial charge on any atom is -0.374 e. The van der Waals surface area contributed by atoms with E-state index in [2.05, 4.69) is 19.9 Å². The van der Waals surface area contributed by atoms with Gasteiger partial charge in [-0.3, -0.25) is 4.79 Å². The van der Waals surface area contributed by atoms with Gasteiger partial charge in [0.2, 0.25) is 11.9 Å². The number of ether oxygens (including phenoxy) is 1. The van der Waals surface area contributed by atoms with Gasteiger partial charge in [-0.2, -0.15) is 0 Å². The summed E-state index contributed by atoms with van der Waals surface area (Å²) in [6, 6.07) is 1.99. The fourth-order valence-corrected chi connectivity index (χ4v) is 4.82. The molecule has 9 nitrogen and oxygen atoms in total. The van der Waals surface area contributed by atoms with Crippen LogP contribution < -0.4 is 10.6 Å². The summed E-state index contributed by atoms with van der Waals surface area (Å²) < 4.78 is 6.95. The fraction of sp³-hybridized carbons (Fsp3) is 0.450. The number of likely N-dealkylation sites (tertiary alicyclic amines) is 1. The molecule has 156 valence electrons. The number of aromatic nitrogens is 4. The summed E-state index contributed by atoms with van der Waals surface area (Å²) in [5.74, 6) is 1.83. The predicted octanol–water partition coefficient (Wildman–Crippen LogP) is 1.95. The van der Waals surface area contributed by atoms with Gasteiger partial charge in [0.1, 0.15) is 0 Å². The molecule has 1 atom stereocenters. The lowest BCUT2D eigenvalue weighted by molar-refractivity contribution is -0.133. The average molecular weight is 426 g/mol. The third-order valence-electron chi connectivity index (χ3n) is 5.52. The van der Waals surface area contributed by atoms with E-state index < -0.39 is 0 Å². The van der Waals surface area contributed by atoms with Gasteiger partial charge in [0.05, 0.1) is 34.9 Å². The Kier molecular flexibility index (Phi) is 5.17. The van der Waals surface area contributed by atoms with E-state index in [0.29, 0.717) is 31.0 Å². The van der Waals surface area contributed by atoms with Gasteiger partial charge in [-0.25, -0.2) is 19.9 Å². The van der Waals surface area contributed by atoms with E-state index in [1.165, 1.54) is 0 Å². The van der Waals surface area contributed by atoms with Crippen molar-refractivity contribution in [3.63, 3.8) is 0 Å². The standard InChI is InChI=1S/C20H23N7O2S/c21-20-22-10-13(11-23-20)18-24-15-3-8-30-17(15)19(25-18)27-6-7-29-14(12-27)9-16(28)26-4-1-2-5-26/h3,8,10-11,14H,1-2,4-7,9,12H2,(H2,21,22,23). The number of amides is 1. The molecule has 5 rings (SSSR count). The van der Waals surface area contributed by atoms with Crippen LogP contribution in [0.4, 0.5) is 11.8 Å². The summed E-state index contributed by atoms with van der Waals surface area (Å²) in [7, 11) is 0. The van der Waals surface area contributed by atoms with Crippen molar-refractivity contribution in [2.75, 3.05) is 43.4 Å². The number of fused-ring (bicyclic) bond motifs is 1. The molecule has 3 aromatic rings. The summed E-state index contributed by atoms with van der Waals surface area (Å²) in [5.41, 5.74) is 7.21. The molecular formula is C20H23N7O2S. The summed E-state index contributed by atoms with van der Waals surface area (Å²) in [6.45, 7) is 3.64. The Balaban J connectivity index is 1.41. The average Bonchev–Trinajstić information content (AvgIpc) is 3.46. The number of morpholine rings is 1. The molecule has 1 unspecified atom stereocenters. The van der Waals surface area contributed by atoms with Crippen molar-refractivity contribution in [3.05, 3.63) is 23.8 Å². The molecule has 5 heterocycles. The molecule has 10 heteroatoms. The number of hydrogen-bond donors (Lipinski definition) is 1. The minimum absolute atomic E-state index is 0.139. The first-order valence-electron chi connectivity index (χ1n) is 10.1. The number of rotatable bonds is 4. The molecule has 0 aliphatic carbocycles. The highest BCUT2D eigenvalue weighted by Gasteiger charge is 2.28. The normalized spacial score (nSPS) is 19.5. The molecule has 2 saturated heterocycles. The zero-order chi connectivity index (χ0) is 20.5. The van der Waals surface area contributed by atoms with Crippen LogP contribution in [-0.2, 0) is 9.53 Å². The number of carbonyl (C=O) groups is 1. The van der Waals surface area contributed by atoms with Crippen LogP contribution in [0.15, 0.2) is 23.8 Å². The molecule has 0 radical (unpaired) electrons. The zero-order valence-corrected chi connectivity index (χ0v) is 17.3. The van der Waals surface area contributed by atoms with E-state index >= 15 is 0 Å². The van der Waals surface area contributed by atoms with Gasteiger partial charge in [-0.15, -0.1) is 11.3 Å². The zero-order valence-electron chi connectivity index (χ0n) is 16.5. The van der Waals surface area contributed by atoms with Gasteiger partial charge in [0, 0.05) is 38.6 Å². The molecule has 2 fully saturated rings. The van der Waals surface area contributed by atoms with Gasteiger partial charge < -0.3 is 20.3 Å². The molecule has 3 aromatic heterocycles. The van der Waals surface area contributed by atoms with Crippen LogP contribution in [0.2, 0.25) is 0 Å². The Morgan fingerprint density at radius 3 is 2.80 bits per heavy atom. The van der Waals surface area contributed by atoms with Crippen LogP contribution in [0.3, 0.4) is 0 Å². The number of hydrogen-bond acceptors (Lipinski definition) is 9. The summed E-state index contributed by atoms with van der Waals surface area (Å²) in [5, 5.41) is 2.01. The third-order valence-corrected chi connectivity index (χ3v) is 6.41. The summed E-state index contributed by atoms with van der Waals surface area (Å²) >= 11 is 1.62. The van der Waals surface area contributed by atoms with Crippen LogP contribution in [0, 0.1) is 0 Å². The van der Waals surface area contributed by atoms with E-state index in [1.54, 1.807) is 23.7 Å². The van der Waals surface area contributed by atoms with Crippen LogP contribution >= 0.6 is 11.3 Å². The SMILES string of the molecule is Nc1ncc(-c2nc(N3CCOC(CC(=O)N4CCCC4)C3)c3sccc3n2)cn1. The van der Waals surface area contributed by atoms with E-state index in [9.17, 15) is 4.79 Å². The van der Waals surface area contributed by atoms with Crippen molar-refractivity contribution >= 4 is 39.2 Å². The largest absolute Gasteiger partial charge is 0.374 e. The molecule has 0 spiro atoms. The van der Waals surface area contributed by atoms with Gasteiger partial charge in [-0.1, -0.05) is 0 Å².